The van der Waals surface area contributed by atoms with Crippen LogP contribution < -0.4 is 37.9 Å². The number of fused-ring (bicyclic) bond motifs is 5. The summed E-state index contributed by atoms with van der Waals surface area (Å²) in [6.07, 6.45) is 0.568. The Hall–Kier alpha value is -3.72. The first-order valence-corrected chi connectivity index (χ1v) is 18.8. The largest absolute Gasteiger partial charge is 0.486 e. The quantitative estimate of drug-likeness (QED) is 0.211. The average Bonchev–Trinajstić information content (AvgIpc) is 3.92. The Kier molecular flexibility index (Phi) is 6.57. The van der Waals surface area contributed by atoms with E-state index in [9.17, 15) is 0 Å². The minimum absolute atomic E-state index is 0.460. The monoisotopic (exact) mass is 712 g/mol. The lowest BCUT2D eigenvalue weighted by atomic mass is 10.1. The van der Waals surface area contributed by atoms with Gasteiger partial charge in [0.05, 0.1) is 29.3 Å². The highest BCUT2D eigenvalue weighted by Gasteiger charge is 2.41. The highest BCUT2D eigenvalue weighted by molar-refractivity contribution is 7.24. The Bertz CT molecular complexity index is 1880. The molecule has 0 aromatic carbocycles. The van der Waals surface area contributed by atoms with Gasteiger partial charge in [-0.1, -0.05) is 0 Å². The molecule has 1 fully saturated rings. The van der Waals surface area contributed by atoms with E-state index in [1.54, 1.807) is 45.3 Å². The van der Waals surface area contributed by atoms with E-state index in [1.165, 1.54) is 0 Å². The molecule has 6 aliphatic rings. The van der Waals surface area contributed by atoms with Gasteiger partial charge in [-0.05, 0) is 13.8 Å². The van der Waals surface area contributed by atoms with Crippen molar-refractivity contribution in [3.8, 4) is 65.5 Å². The molecule has 0 unspecified atom stereocenters. The summed E-state index contributed by atoms with van der Waals surface area (Å²) < 4.78 is 62.3. The van der Waals surface area contributed by atoms with Crippen LogP contribution in [0.15, 0.2) is 11.5 Å². The van der Waals surface area contributed by atoms with Crippen molar-refractivity contribution < 1.29 is 47.4 Å². The molecule has 0 saturated carbocycles. The lowest BCUT2D eigenvalue weighted by Crippen LogP contribution is -2.16. The summed E-state index contributed by atoms with van der Waals surface area (Å²) in [6, 6.07) is 0. The Morgan fingerprint density at radius 1 is 0.319 bits per heavy atom. The maximum Gasteiger partial charge on any atom is 0.181 e. The van der Waals surface area contributed by atoms with Gasteiger partial charge in [0.25, 0.3) is 0 Å². The molecule has 244 valence electrons. The first-order valence-electron chi connectivity index (χ1n) is 15.5. The van der Waals surface area contributed by atoms with Gasteiger partial charge in [-0.15, -0.1) is 45.3 Å². The van der Waals surface area contributed by atoms with Gasteiger partial charge in [-0.2, -0.15) is 0 Å². The van der Waals surface area contributed by atoms with Gasteiger partial charge in [0, 0.05) is 27.3 Å². The molecule has 10 rings (SSSR count). The van der Waals surface area contributed by atoms with Crippen LogP contribution in [-0.4, -0.2) is 66.1 Å². The first-order chi connectivity index (χ1) is 23.2. The molecule has 0 bridgehead atoms. The van der Waals surface area contributed by atoms with Gasteiger partial charge in [0.2, 0.25) is 0 Å². The minimum atomic E-state index is 0.460. The van der Waals surface area contributed by atoms with E-state index in [4.69, 9.17) is 47.4 Å². The minimum Gasteiger partial charge on any atom is -0.486 e. The molecule has 0 amide bonds. The lowest BCUT2D eigenvalue weighted by molar-refractivity contribution is 0.0635. The molecular weight excluding hydrogens is 685 g/mol. The summed E-state index contributed by atoms with van der Waals surface area (Å²) in [4.78, 5) is 8.03. The van der Waals surface area contributed by atoms with Crippen molar-refractivity contribution in [3.63, 3.8) is 0 Å². The Balaban J connectivity index is 1.10. The number of aryl methyl sites for hydroxylation is 2. The van der Waals surface area contributed by atoms with Gasteiger partial charge < -0.3 is 47.4 Å². The number of rotatable bonds is 4. The van der Waals surface area contributed by atoms with Gasteiger partial charge in [-0.25, -0.2) is 0 Å². The van der Waals surface area contributed by atoms with E-state index in [0.29, 0.717) is 72.5 Å². The van der Waals surface area contributed by atoms with E-state index in [2.05, 4.69) is 13.8 Å². The van der Waals surface area contributed by atoms with Crippen LogP contribution in [0.2, 0.25) is 0 Å². The molecule has 4 aromatic rings. The second-order valence-electron chi connectivity index (χ2n) is 11.4. The van der Waals surface area contributed by atoms with Crippen molar-refractivity contribution in [2.45, 2.75) is 20.3 Å². The van der Waals surface area contributed by atoms with Crippen molar-refractivity contribution in [2.75, 3.05) is 66.1 Å². The molecule has 5 aliphatic heterocycles. The molecule has 14 heteroatoms. The number of ether oxygens (including phenoxy) is 10. The predicted octanol–water partition coefficient (Wildman–Crippen LogP) is 7.54. The van der Waals surface area contributed by atoms with Crippen LogP contribution in [0, 0.1) is 13.8 Å². The van der Waals surface area contributed by atoms with Crippen LogP contribution >= 0.6 is 45.3 Å². The third-order valence-corrected chi connectivity index (χ3v) is 13.5. The Morgan fingerprint density at radius 3 is 0.979 bits per heavy atom. The van der Waals surface area contributed by atoms with E-state index in [1.807, 2.05) is 0 Å². The summed E-state index contributed by atoms with van der Waals surface area (Å²) in [5.74, 6) is 7.60. The second-order valence-corrected chi connectivity index (χ2v) is 15.9. The molecule has 9 heterocycles. The smallest absolute Gasteiger partial charge is 0.181 e. The predicted molar refractivity (Wildman–Crippen MR) is 179 cm³/mol. The van der Waals surface area contributed by atoms with Crippen LogP contribution in [0.3, 0.4) is 0 Å². The number of hydrogen-bond acceptors (Lipinski definition) is 14. The fraction of sp³-hybridized carbons (Fsp3) is 0.394. The first kappa shape index (κ1) is 28.3. The molecular formula is C33H28O10S4. The normalized spacial score (nSPS) is 19.0. The zero-order valence-corrected chi connectivity index (χ0v) is 28.8. The molecule has 0 atom stereocenters. The fourth-order valence-electron chi connectivity index (χ4n) is 6.66. The van der Waals surface area contributed by atoms with Crippen LogP contribution in [0.1, 0.15) is 25.9 Å². The van der Waals surface area contributed by atoms with Gasteiger partial charge in [-0.3, -0.25) is 0 Å². The van der Waals surface area contributed by atoms with Crippen LogP contribution in [-0.2, 0) is 9.47 Å². The van der Waals surface area contributed by atoms with Crippen molar-refractivity contribution in [3.05, 3.63) is 31.0 Å². The molecule has 10 nitrogen and oxygen atoms in total. The summed E-state index contributed by atoms with van der Waals surface area (Å²) >= 11 is 6.58. The van der Waals surface area contributed by atoms with Crippen molar-refractivity contribution in [1.82, 2.24) is 0 Å². The van der Waals surface area contributed by atoms with Gasteiger partial charge >= 0.3 is 0 Å². The summed E-state index contributed by atoms with van der Waals surface area (Å²) in [5.41, 5.74) is 2.02. The second kappa shape index (κ2) is 10.9. The van der Waals surface area contributed by atoms with Crippen molar-refractivity contribution in [2.24, 2.45) is 0 Å². The standard InChI is InChI=1S/C33H28O10S4/c1-14-18-22(38-7-3-34-18)30(44-14)32-26-24(40-9-11-42-26)28(46-32)16-13-17(21-20(16)36-5-6-37-21)29-25-27(43-12-10-41-25)33(47-29)31-23-19(15(2)45-31)35-4-8-39-23/h3-13H2,1-2H3. The van der Waals surface area contributed by atoms with Gasteiger partial charge in [0.15, 0.2) is 57.5 Å². The molecule has 1 saturated heterocycles. The van der Waals surface area contributed by atoms with Crippen LogP contribution in [0.25, 0.3) is 30.7 Å². The topological polar surface area (TPSA) is 92.3 Å². The molecule has 0 radical (unpaired) electrons. The van der Waals surface area contributed by atoms with Gasteiger partial charge in [0.1, 0.15) is 66.1 Å². The molecule has 1 aliphatic carbocycles. The van der Waals surface area contributed by atoms with Crippen molar-refractivity contribution >= 4 is 56.5 Å². The summed E-state index contributed by atoms with van der Waals surface area (Å²) in [6.45, 7) is 9.03. The lowest BCUT2D eigenvalue weighted by Gasteiger charge is -2.21. The van der Waals surface area contributed by atoms with E-state index >= 15 is 0 Å². The third kappa shape index (κ3) is 4.23. The average molecular weight is 713 g/mol. The Morgan fingerprint density at radius 2 is 0.596 bits per heavy atom. The Labute approximate surface area is 285 Å². The molecule has 0 N–H and O–H groups in total. The zero-order chi connectivity index (χ0) is 31.2. The molecule has 47 heavy (non-hydrogen) atoms. The maximum absolute atomic E-state index is 6.40. The van der Waals surface area contributed by atoms with Crippen LogP contribution in [0.4, 0.5) is 0 Å². The zero-order valence-electron chi connectivity index (χ0n) is 25.5. The highest BCUT2D eigenvalue weighted by atomic mass is 32.1. The SMILES string of the molecule is Cc1sc(-c2sc(C3=C4OCCOC4=C(c4sc(-c5sc(C)c6c5OCCO6)c5c4OCCO5)C3)c3c2OCCO3)c2c1OCCO2. The highest BCUT2D eigenvalue weighted by Crippen LogP contribution is 2.63. The fourth-order valence-corrected chi connectivity index (χ4v) is 11.4. The van der Waals surface area contributed by atoms with E-state index in [0.717, 1.165) is 108 Å². The number of thiophene rings is 4. The number of allylic oxidation sites excluding steroid dienone is 2. The molecule has 0 spiro atoms. The summed E-state index contributed by atoms with van der Waals surface area (Å²) in [5, 5.41) is 0. The van der Waals surface area contributed by atoms with E-state index < -0.39 is 0 Å². The van der Waals surface area contributed by atoms with E-state index in [-0.39, 0.29) is 0 Å². The van der Waals surface area contributed by atoms with Crippen LogP contribution in [0.5, 0.6) is 46.0 Å². The maximum atomic E-state index is 6.40. The third-order valence-electron chi connectivity index (χ3n) is 8.57. The molecule has 4 aromatic heterocycles. The number of hydrogen-bond donors (Lipinski definition) is 0. The van der Waals surface area contributed by atoms with Crippen molar-refractivity contribution in [1.29, 1.82) is 0 Å². The summed E-state index contributed by atoms with van der Waals surface area (Å²) in [7, 11) is 0.